The van der Waals surface area contributed by atoms with Gasteiger partial charge >= 0.3 is 0 Å². The normalized spacial score (nSPS) is 19.8. The molecule has 1 fully saturated rings. The van der Waals surface area contributed by atoms with Crippen LogP contribution in [0.4, 0.5) is 0 Å². The van der Waals surface area contributed by atoms with E-state index in [1.807, 2.05) is 6.92 Å². The van der Waals surface area contributed by atoms with Gasteiger partial charge in [0.2, 0.25) is 15.9 Å². The van der Waals surface area contributed by atoms with Gasteiger partial charge in [-0.3, -0.25) is 4.79 Å². The molecule has 1 saturated heterocycles. The number of carbonyl (C=O) groups excluding carboxylic acids is 1. The molecular formula is C14H21N3O3S. The number of hydrogen-bond acceptors (Lipinski definition) is 4. The summed E-state index contributed by atoms with van der Waals surface area (Å²) in [4.78, 5) is 14.2. The van der Waals surface area contributed by atoms with E-state index in [-0.39, 0.29) is 23.4 Å². The molecule has 1 aliphatic rings. The monoisotopic (exact) mass is 311 g/mol. The van der Waals surface area contributed by atoms with Crippen molar-refractivity contribution in [2.45, 2.75) is 17.9 Å². The van der Waals surface area contributed by atoms with Gasteiger partial charge in [0.15, 0.2) is 0 Å². The summed E-state index contributed by atoms with van der Waals surface area (Å²) >= 11 is 0. The Labute approximate surface area is 125 Å². The van der Waals surface area contributed by atoms with Crippen LogP contribution in [-0.4, -0.2) is 62.8 Å². The van der Waals surface area contributed by atoms with E-state index in [1.165, 1.54) is 19.2 Å². The number of piperazine rings is 1. The van der Waals surface area contributed by atoms with Crippen LogP contribution in [0.2, 0.25) is 0 Å². The van der Waals surface area contributed by atoms with E-state index in [0.717, 1.165) is 17.4 Å². The van der Waals surface area contributed by atoms with Gasteiger partial charge < -0.3 is 10.2 Å². The number of amides is 1. The van der Waals surface area contributed by atoms with Gasteiger partial charge in [0.1, 0.15) is 0 Å². The van der Waals surface area contributed by atoms with Gasteiger partial charge in [0, 0.05) is 32.7 Å². The van der Waals surface area contributed by atoms with Crippen molar-refractivity contribution >= 4 is 15.9 Å². The molecule has 1 amide bonds. The largest absolute Gasteiger partial charge is 0.336 e. The zero-order chi connectivity index (χ0) is 15.5. The predicted molar refractivity (Wildman–Crippen MR) is 80.3 cm³/mol. The molecule has 1 N–H and O–H groups in total. The third-order valence-corrected chi connectivity index (χ3v) is 5.45. The molecule has 1 heterocycles. The van der Waals surface area contributed by atoms with Crippen molar-refractivity contribution in [2.24, 2.45) is 0 Å². The highest BCUT2D eigenvalue weighted by atomic mass is 32.2. The Morgan fingerprint density at radius 1 is 1.38 bits per heavy atom. The van der Waals surface area contributed by atoms with Crippen LogP contribution in [0.15, 0.2) is 35.2 Å². The summed E-state index contributed by atoms with van der Waals surface area (Å²) in [6.45, 7) is 3.91. The summed E-state index contributed by atoms with van der Waals surface area (Å²) < 4.78 is 25.9. The van der Waals surface area contributed by atoms with E-state index in [1.54, 1.807) is 23.1 Å². The van der Waals surface area contributed by atoms with Gasteiger partial charge in [-0.1, -0.05) is 18.2 Å². The van der Waals surface area contributed by atoms with Crippen molar-refractivity contribution in [3.05, 3.63) is 30.3 Å². The fourth-order valence-corrected chi connectivity index (χ4v) is 3.49. The van der Waals surface area contributed by atoms with Crippen LogP contribution in [-0.2, 0) is 14.8 Å². The summed E-state index contributed by atoms with van der Waals surface area (Å²) in [7, 11) is -2.18. The van der Waals surface area contributed by atoms with Crippen LogP contribution in [0.3, 0.4) is 0 Å². The van der Waals surface area contributed by atoms with E-state index in [0.29, 0.717) is 6.54 Å². The average Bonchev–Trinajstić information content (AvgIpc) is 2.48. The van der Waals surface area contributed by atoms with E-state index in [4.69, 9.17) is 0 Å². The quantitative estimate of drug-likeness (QED) is 0.858. The van der Waals surface area contributed by atoms with Crippen molar-refractivity contribution < 1.29 is 13.2 Å². The van der Waals surface area contributed by atoms with Crippen LogP contribution >= 0.6 is 0 Å². The van der Waals surface area contributed by atoms with Gasteiger partial charge in [-0.05, 0) is 19.1 Å². The van der Waals surface area contributed by atoms with Gasteiger partial charge in [0.05, 0.1) is 11.4 Å². The van der Waals surface area contributed by atoms with Crippen molar-refractivity contribution in [2.75, 3.05) is 33.2 Å². The molecule has 0 bridgehead atoms. The van der Waals surface area contributed by atoms with Gasteiger partial charge in [0.25, 0.3) is 0 Å². The fraction of sp³-hybridized carbons (Fsp3) is 0.500. The Bertz CT molecular complexity index is 589. The summed E-state index contributed by atoms with van der Waals surface area (Å²) in [5.41, 5.74) is 0. The number of benzene rings is 1. The minimum atomic E-state index is -3.62. The Kier molecular flexibility index (Phi) is 4.97. The molecule has 116 valence electrons. The minimum absolute atomic E-state index is 0.0825. The Hall–Kier alpha value is -1.44. The maximum atomic E-state index is 12.4. The molecular weight excluding hydrogens is 290 g/mol. The minimum Gasteiger partial charge on any atom is -0.336 e. The molecule has 1 aromatic carbocycles. The maximum Gasteiger partial charge on any atom is 0.243 e. The van der Waals surface area contributed by atoms with Crippen LogP contribution in [0.1, 0.15) is 6.92 Å². The first-order valence-electron chi connectivity index (χ1n) is 6.94. The fourth-order valence-electron chi connectivity index (χ4n) is 2.35. The molecule has 2 rings (SSSR count). The Balaban J connectivity index is 2.07. The number of nitrogens with one attached hydrogen (secondary N) is 1. The number of hydrogen-bond donors (Lipinski definition) is 1. The van der Waals surface area contributed by atoms with Crippen LogP contribution in [0.5, 0.6) is 0 Å². The number of carbonyl (C=O) groups is 1. The van der Waals surface area contributed by atoms with E-state index in [9.17, 15) is 13.2 Å². The second-order valence-corrected chi connectivity index (χ2v) is 7.26. The topological polar surface area (TPSA) is 69.7 Å². The molecule has 0 spiro atoms. The molecule has 1 unspecified atom stereocenters. The van der Waals surface area contributed by atoms with E-state index >= 15 is 0 Å². The lowest BCUT2D eigenvalue weighted by Gasteiger charge is -2.34. The Morgan fingerprint density at radius 2 is 2.05 bits per heavy atom. The van der Waals surface area contributed by atoms with E-state index < -0.39 is 10.0 Å². The van der Waals surface area contributed by atoms with Crippen molar-refractivity contribution in [3.63, 3.8) is 0 Å². The first-order valence-corrected chi connectivity index (χ1v) is 8.38. The number of rotatable bonds is 4. The molecule has 0 aliphatic carbocycles. The lowest BCUT2D eigenvalue weighted by atomic mass is 10.2. The van der Waals surface area contributed by atoms with Crippen molar-refractivity contribution in [3.8, 4) is 0 Å². The molecule has 0 radical (unpaired) electrons. The third-order valence-electron chi connectivity index (χ3n) is 3.63. The van der Waals surface area contributed by atoms with Crippen LogP contribution in [0, 0.1) is 0 Å². The smallest absolute Gasteiger partial charge is 0.243 e. The zero-order valence-corrected chi connectivity index (χ0v) is 13.1. The molecule has 6 nitrogen and oxygen atoms in total. The molecule has 0 saturated carbocycles. The summed E-state index contributed by atoms with van der Waals surface area (Å²) in [5.74, 6) is -0.161. The first-order chi connectivity index (χ1) is 9.93. The zero-order valence-electron chi connectivity index (χ0n) is 12.3. The highest BCUT2D eigenvalue weighted by molar-refractivity contribution is 7.89. The molecule has 21 heavy (non-hydrogen) atoms. The lowest BCUT2D eigenvalue weighted by molar-refractivity contribution is -0.133. The molecule has 1 aliphatic heterocycles. The van der Waals surface area contributed by atoms with E-state index in [2.05, 4.69) is 5.32 Å². The van der Waals surface area contributed by atoms with Crippen LogP contribution in [0.25, 0.3) is 0 Å². The third kappa shape index (κ3) is 3.61. The second-order valence-electron chi connectivity index (χ2n) is 5.21. The highest BCUT2D eigenvalue weighted by Crippen LogP contribution is 2.14. The summed E-state index contributed by atoms with van der Waals surface area (Å²) in [6, 6.07) is 8.24. The molecule has 1 atom stereocenters. The van der Waals surface area contributed by atoms with Gasteiger partial charge in [-0.2, -0.15) is 4.31 Å². The molecule has 1 aromatic rings. The first kappa shape index (κ1) is 15.9. The summed E-state index contributed by atoms with van der Waals surface area (Å²) in [5, 5.41) is 3.20. The molecule has 0 aromatic heterocycles. The number of nitrogens with zero attached hydrogens (tertiary/aromatic N) is 2. The maximum absolute atomic E-state index is 12.4. The van der Waals surface area contributed by atoms with Crippen LogP contribution < -0.4 is 5.32 Å². The van der Waals surface area contributed by atoms with Gasteiger partial charge in [-0.15, -0.1) is 0 Å². The average molecular weight is 311 g/mol. The van der Waals surface area contributed by atoms with Crippen molar-refractivity contribution in [1.82, 2.24) is 14.5 Å². The SMILES string of the molecule is CC1CNCCN1C(=O)CN(C)S(=O)(=O)c1ccccc1. The standard InChI is InChI=1S/C14H21N3O3S/c1-12-10-15-8-9-17(12)14(18)11-16(2)21(19,20)13-6-4-3-5-7-13/h3-7,12,15H,8-11H2,1-2H3. The van der Waals surface area contributed by atoms with Crippen molar-refractivity contribution in [1.29, 1.82) is 0 Å². The predicted octanol–water partition coefficient (Wildman–Crippen LogP) is 0.127. The van der Waals surface area contributed by atoms with Gasteiger partial charge in [-0.25, -0.2) is 8.42 Å². The Morgan fingerprint density at radius 3 is 2.67 bits per heavy atom. The summed E-state index contributed by atoms with van der Waals surface area (Å²) in [6.07, 6.45) is 0. The number of likely N-dealkylation sites (N-methyl/N-ethyl adjacent to an activating group) is 1. The lowest BCUT2D eigenvalue weighted by Crippen LogP contribution is -2.54. The number of sulfonamides is 1. The second kappa shape index (κ2) is 6.55. The highest BCUT2D eigenvalue weighted by Gasteiger charge is 2.28. The molecule has 7 heteroatoms.